The van der Waals surface area contributed by atoms with Crippen LogP contribution in [0.3, 0.4) is 0 Å². The number of aliphatic carboxylic acids is 1. The highest BCUT2D eigenvalue weighted by atomic mass is 32.2. The quantitative estimate of drug-likeness (QED) is 0.677. The fraction of sp³-hybridized carbons (Fsp3) is 0.429. The van der Waals surface area contributed by atoms with Gasteiger partial charge in [-0.25, -0.2) is 4.79 Å². The molecule has 118 valence electrons. The molecular weight excluding hydrogens is 308 g/mol. The molecule has 1 N–H and O–H groups in total. The summed E-state index contributed by atoms with van der Waals surface area (Å²) in [5.41, 5.74) is 0.623. The van der Waals surface area contributed by atoms with Gasteiger partial charge in [0.2, 0.25) is 5.91 Å². The molecule has 0 aliphatic carbocycles. The average molecular weight is 324 g/mol. The monoisotopic (exact) mass is 324 g/mol. The van der Waals surface area contributed by atoms with Gasteiger partial charge in [0.1, 0.15) is 11.4 Å². The Bertz CT molecular complexity index is 629. The van der Waals surface area contributed by atoms with Gasteiger partial charge in [-0.05, 0) is 31.5 Å². The largest absolute Gasteiger partial charge is 0.480 e. The molecule has 0 bridgehead atoms. The maximum Gasteiger partial charge on any atom is 0.327 e. The highest BCUT2D eigenvalue weighted by Gasteiger charge is 2.52. The molecule has 1 heterocycles. The molecule has 2 atom stereocenters. The van der Waals surface area contributed by atoms with Crippen molar-refractivity contribution in [3.63, 3.8) is 0 Å². The first-order valence-electron chi connectivity index (χ1n) is 6.59. The van der Waals surface area contributed by atoms with Crippen molar-refractivity contribution in [1.82, 2.24) is 4.90 Å². The van der Waals surface area contributed by atoms with E-state index in [9.17, 15) is 24.8 Å². The Morgan fingerprint density at radius 2 is 1.86 bits per heavy atom. The first-order valence-corrected chi connectivity index (χ1v) is 7.47. The van der Waals surface area contributed by atoms with E-state index in [1.54, 1.807) is 26.0 Å². The Hall–Kier alpha value is -2.09. The Morgan fingerprint density at radius 3 is 2.27 bits per heavy atom. The van der Waals surface area contributed by atoms with E-state index in [2.05, 4.69) is 0 Å². The van der Waals surface area contributed by atoms with Crippen LogP contribution in [-0.4, -0.2) is 37.6 Å². The molecule has 0 aromatic heterocycles. The van der Waals surface area contributed by atoms with Gasteiger partial charge >= 0.3 is 5.97 Å². The second kappa shape index (κ2) is 5.60. The number of non-ortho nitro benzene ring substituents is 1. The molecule has 1 aromatic carbocycles. The molecule has 2 unspecified atom stereocenters. The number of amides is 1. The first kappa shape index (κ1) is 16.3. The number of nitrogens with zero attached hydrogens (tertiary/aromatic N) is 2. The number of hydrogen-bond donors (Lipinski definition) is 1. The molecule has 1 aromatic rings. The maximum atomic E-state index is 11.9. The summed E-state index contributed by atoms with van der Waals surface area (Å²) in [6.45, 7) is 4.88. The summed E-state index contributed by atoms with van der Waals surface area (Å²) in [6.07, 6.45) is 0. The van der Waals surface area contributed by atoms with Crippen LogP contribution >= 0.6 is 11.8 Å². The molecule has 1 aliphatic rings. The smallest absolute Gasteiger partial charge is 0.327 e. The lowest BCUT2D eigenvalue weighted by Gasteiger charge is -2.28. The summed E-state index contributed by atoms with van der Waals surface area (Å²) < 4.78 is -0.663. The van der Waals surface area contributed by atoms with E-state index in [1.807, 2.05) is 0 Å². The third-order valence-electron chi connectivity index (χ3n) is 3.59. The Labute approximate surface area is 131 Å². The van der Waals surface area contributed by atoms with Crippen LogP contribution in [0.1, 0.15) is 31.7 Å². The molecule has 1 fully saturated rings. The lowest BCUT2D eigenvalue weighted by atomic mass is 10.0. The highest BCUT2D eigenvalue weighted by Crippen LogP contribution is 2.52. The molecule has 1 amide bonds. The molecule has 0 spiro atoms. The van der Waals surface area contributed by atoms with Gasteiger partial charge in [0.25, 0.3) is 5.69 Å². The zero-order chi connectivity index (χ0) is 16.7. The van der Waals surface area contributed by atoms with Crippen LogP contribution in [0.15, 0.2) is 24.3 Å². The van der Waals surface area contributed by atoms with Crippen molar-refractivity contribution < 1.29 is 19.6 Å². The van der Waals surface area contributed by atoms with Gasteiger partial charge < -0.3 is 10.0 Å². The fourth-order valence-electron chi connectivity index (χ4n) is 2.63. The van der Waals surface area contributed by atoms with Crippen molar-refractivity contribution >= 4 is 29.3 Å². The second-order valence-electron chi connectivity index (χ2n) is 5.59. The highest BCUT2D eigenvalue weighted by molar-refractivity contribution is 8.01. The molecule has 7 nitrogen and oxygen atoms in total. The van der Waals surface area contributed by atoms with E-state index in [4.69, 9.17) is 0 Å². The number of carbonyl (C=O) groups excluding carboxylic acids is 1. The minimum Gasteiger partial charge on any atom is -0.480 e. The van der Waals surface area contributed by atoms with Crippen molar-refractivity contribution in [2.24, 2.45) is 0 Å². The van der Waals surface area contributed by atoms with Crippen LogP contribution in [-0.2, 0) is 9.59 Å². The van der Waals surface area contributed by atoms with E-state index in [0.717, 1.165) is 0 Å². The van der Waals surface area contributed by atoms with Crippen LogP contribution < -0.4 is 0 Å². The summed E-state index contributed by atoms with van der Waals surface area (Å²) in [5, 5.41) is 19.7. The number of benzene rings is 1. The molecule has 2 rings (SSSR count). The number of thioether (sulfide) groups is 1. The van der Waals surface area contributed by atoms with Crippen molar-refractivity contribution in [2.45, 2.75) is 36.9 Å². The van der Waals surface area contributed by atoms with E-state index in [1.165, 1.54) is 35.7 Å². The van der Waals surface area contributed by atoms with Crippen LogP contribution in [0.25, 0.3) is 0 Å². The summed E-state index contributed by atoms with van der Waals surface area (Å²) >= 11 is 1.36. The van der Waals surface area contributed by atoms with Crippen LogP contribution in [0.4, 0.5) is 5.69 Å². The predicted octanol–water partition coefficient (Wildman–Crippen LogP) is 2.42. The first-order chi connectivity index (χ1) is 10.1. The third-order valence-corrected chi connectivity index (χ3v) is 5.14. The molecule has 8 heteroatoms. The standard InChI is InChI=1S/C14H16N2O5S/c1-8(17)15-11(13(18)19)14(2,3)22-12(15)9-4-6-10(7-5-9)16(20)21/h4-7,11-12H,1-3H3,(H,18,19). The lowest BCUT2D eigenvalue weighted by molar-refractivity contribution is -0.384. The van der Waals surface area contributed by atoms with Gasteiger partial charge in [0.15, 0.2) is 0 Å². The lowest BCUT2D eigenvalue weighted by Crippen LogP contribution is -2.48. The number of rotatable bonds is 3. The molecule has 1 saturated heterocycles. The fourth-order valence-corrected chi connectivity index (χ4v) is 4.23. The van der Waals surface area contributed by atoms with E-state index in [-0.39, 0.29) is 11.6 Å². The number of hydrogen-bond acceptors (Lipinski definition) is 5. The number of carbonyl (C=O) groups is 2. The van der Waals surface area contributed by atoms with Gasteiger partial charge in [-0.2, -0.15) is 0 Å². The number of nitro groups is 1. The van der Waals surface area contributed by atoms with Gasteiger partial charge in [-0.1, -0.05) is 0 Å². The van der Waals surface area contributed by atoms with Crippen molar-refractivity contribution in [1.29, 1.82) is 0 Å². The number of carboxylic acid groups (broad SMARTS) is 1. The SMILES string of the molecule is CC(=O)N1C(c2ccc([N+](=O)[O-])cc2)SC(C)(C)C1C(=O)O. The topological polar surface area (TPSA) is 101 Å². The Kier molecular flexibility index (Phi) is 4.15. The van der Waals surface area contributed by atoms with Crippen LogP contribution in [0.5, 0.6) is 0 Å². The van der Waals surface area contributed by atoms with E-state index >= 15 is 0 Å². The van der Waals surface area contributed by atoms with Crippen molar-refractivity contribution in [2.75, 3.05) is 0 Å². The normalized spacial score (nSPS) is 23.3. The van der Waals surface area contributed by atoms with Gasteiger partial charge in [0, 0.05) is 23.8 Å². The molecule has 0 radical (unpaired) electrons. The minimum atomic E-state index is -1.06. The van der Waals surface area contributed by atoms with E-state index < -0.39 is 27.1 Å². The Balaban J connectivity index is 2.43. The van der Waals surface area contributed by atoms with Crippen LogP contribution in [0.2, 0.25) is 0 Å². The Morgan fingerprint density at radius 1 is 1.32 bits per heavy atom. The number of nitro benzene ring substituents is 1. The van der Waals surface area contributed by atoms with Crippen LogP contribution in [0, 0.1) is 10.1 Å². The van der Waals surface area contributed by atoms with Crippen molar-refractivity contribution in [3.05, 3.63) is 39.9 Å². The minimum absolute atomic E-state index is 0.0461. The average Bonchev–Trinajstić information content (AvgIpc) is 2.70. The zero-order valence-electron chi connectivity index (χ0n) is 12.3. The van der Waals surface area contributed by atoms with Gasteiger partial charge in [0.05, 0.1) is 4.92 Å². The summed E-state index contributed by atoms with van der Waals surface area (Å²) in [7, 11) is 0. The zero-order valence-corrected chi connectivity index (χ0v) is 13.2. The third kappa shape index (κ3) is 2.78. The van der Waals surface area contributed by atoms with E-state index in [0.29, 0.717) is 5.56 Å². The molecule has 22 heavy (non-hydrogen) atoms. The predicted molar refractivity (Wildman–Crippen MR) is 81.5 cm³/mol. The molecule has 0 saturated carbocycles. The molecular formula is C14H16N2O5S. The molecule has 1 aliphatic heterocycles. The summed E-state index contributed by atoms with van der Waals surface area (Å²) in [5.74, 6) is -1.40. The summed E-state index contributed by atoms with van der Waals surface area (Å²) in [6, 6.07) is 4.89. The van der Waals surface area contributed by atoms with Gasteiger partial charge in [-0.15, -0.1) is 11.8 Å². The second-order valence-corrected chi connectivity index (χ2v) is 7.32. The van der Waals surface area contributed by atoms with Crippen molar-refractivity contribution in [3.8, 4) is 0 Å². The maximum absolute atomic E-state index is 11.9. The summed E-state index contributed by atoms with van der Waals surface area (Å²) in [4.78, 5) is 35.0. The van der Waals surface area contributed by atoms with Gasteiger partial charge in [-0.3, -0.25) is 14.9 Å². The number of carboxylic acids is 1.